The SMILES string of the molecule is COc1ccc(-c2nc(-n3cnc4ccc(F)cc43)nc3c2[nH]c(=O)n3C2CCOCC2)cc1. The predicted octanol–water partition coefficient (Wildman–Crippen LogP) is 3.62. The summed E-state index contributed by atoms with van der Waals surface area (Å²) >= 11 is 0. The monoisotopic (exact) mass is 460 g/mol. The Kier molecular flexibility index (Phi) is 4.88. The van der Waals surface area contributed by atoms with Crippen molar-refractivity contribution in [1.82, 2.24) is 29.1 Å². The van der Waals surface area contributed by atoms with Gasteiger partial charge >= 0.3 is 5.69 Å². The molecular formula is C24H21FN6O3. The molecule has 0 aliphatic carbocycles. The van der Waals surface area contributed by atoms with Crippen LogP contribution in [-0.2, 0) is 4.74 Å². The van der Waals surface area contributed by atoms with Crippen LogP contribution in [0.3, 0.4) is 0 Å². The van der Waals surface area contributed by atoms with Gasteiger partial charge in [-0.05, 0) is 49.2 Å². The zero-order chi connectivity index (χ0) is 23.2. The molecule has 1 aliphatic rings. The van der Waals surface area contributed by atoms with Crippen molar-refractivity contribution >= 4 is 22.2 Å². The van der Waals surface area contributed by atoms with E-state index in [9.17, 15) is 9.18 Å². The number of halogens is 1. The van der Waals surface area contributed by atoms with Gasteiger partial charge in [0.1, 0.15) is 29.1 Å². The van der Waals surface area contributed by atoms with E-state index in [1.54, 1.807) is 28.6 Å². The lowest BCUT2D eigenvalue weighted by atomic mass is 10.1. The third kappa shape index (κ3) is 3.34. The van der Waals surface area contributed by atoms with E-state index in [0.717, 1.165) is 5.56 Å². The number of hydrogen-bond donors (Lipinski definition) is 1. The molecule has 1 fully saturated rings. The van der Waals surface area contributed by atoms with Crippen LogP contribution in [0, 0.1) is 5.82 Å². The lowest BCUT2D eigenvalue weighted by Crippen LogP contribution is -2.27. The first-order chi connectivity index (χ1) is 16.6. The minimum Gasteiger partial charge on any atom is -0.497 e. The van der Waals surface area contributed by atoms with Crippen molar-refractivity contribution in [2.24, 2.45) is 0 Å². The largest absolute Gasteiger partial charge is 0.497 e. The fourth-order valence-electron chi connectivity index (χ4n) is 4.48. The van der Waals surface area contributed by atoms with Gasteiger partial charge in [-0.1, -0.05) is 0 Å². The average Bonchev–Trinajstić information content (AvgIpc) is 3.43. The second-order valence-corrected chi connectivity index (χ2v) is 8.19. The van der Waals surface area contributed by atoms with Crippen LogP contribution < -0.4 is 10.4 Å². The first-order valence-corrected chi connectivity index (χ1v) is 11.0. The maximum Gasteiger partial charge on any atom is 0.327 e. The van der Waals surface area contributed by atoms with E-state index in [1.807, 2.05) is 24.3 Å². The summed E-state index contributed by atoms with van der Waals surface area (Å²) in [6.45, 7) is 1.16. The molecule has 0 saturated carbocycles. The Balaban J connectivity index is 1.63. The van der Waals surface area contributed by atoms with E-state index in [1.165, 1.54) is 12.1 Å². The van der Waals surface area contributed by atoms with Crippen molar-refractivity contribution in [2.45, 2.75) is 18.9 Å². The molecular weight excluding hydrogens is 439 g/mol. The van der Waals surface area contributed by atoms with E-state index in [0.29, 0.717) is 65.6 Å². The molecule has 0 spiro atoms. The molecule has 4 heterocycles. The van der Waals surface area contributed by atoms with Crippen molar-refractivity contribution < 1.29 is 13.9 Å². The Hall–Kier alpha value is -4.05. The molecule has 172 valence electrons. The van der Waals surface area contributed by atoms with E-state index in [4.69, 9.17) is 19.4 Å². The molecule has 34 heavy (non-hydrogen) atoms. The summed E-state index contributed by atoms with van der Waals surface area (Å²) in [7, 11) is 1.60. The minimum absolute atomic E-state index is 0.0431. The van der Waals surface area contributed by atoms with Crippen molar-refractivity contribution in [3.8, 4) is 23.0 Å². The third-order valence-electron chi connectivity index (χ3n) is 6.20. The fraction of sp³-hybridized carbons (Fsp3) is 0.250. The van der Waals surface area contributed by atoms with E-state index >= 15 is 0 Å². The first kappa shape index (κ1) is 20.5. The Morgan fingerprint density at radius 2 is 1.91 bits per heavy atom. The van der Waals surface area contributed by atoms with Crippen LogP contribution in [-0.4, -0.2) is 49.4 Å². The number of nitrogens with one attached hydrogen (secondary N) is 1. The molecule has 6 rings (SSSR count). The molecule has 0 bridgehead atoms. The second-order valence-electron chi connectivity index (χ2n) is 8.19. The Labute approximate surface area is 192 Å². The second kappa shape index (κ2) is 8.07. The highest BCUT2D eigenvalue weighted by Gasteiger charge is 2.24. The molecule has 1 aliphatic heterocycles. The minimum atomic E-state index is -0.383. The van der Waals surface area contributed by atoms with Gasteiger partial charge in [0, 0.05) is 30.9 Å². The molecule has 0 atom stereocenters. The molecule has 3 aromatic heterocycles. The summed E-state index contributed by atoms with van der Waals surface area (Å²) in [4.78, 5) is 30.0. The highest BCUT2D eigenvalue weighted by Crippen LogP contribution is 2.30. The van der Waals surface area contributed by atoms with Crippen LogP contribution in [0.15, 0.2) is 53.6 Å². The maximum absolute atomic E-state index is 14.0. The number of H-pyrrole nitrogens is 1. The van der Waals surface area contributed by atoms with Gasteiger partial charge in [0.25, 0.3) is 0 Å². The summed E-state index contributed by atoms with van der Waals surface area (Å²) in [6, 6.07) is 11.7. The summed E-state index contributed by atoms with van der Waals surface area (Å²) < 4.78 is 28.1. The Morgan fingerprint density at radius 3 is 2.68 bits per heavy atom. The van der Waals surface area contributed by atoms with Gasteiger partial charge in [-0.15, -0.1) is 0 Å². The van der Waals surface area contributed by atoms with Crippen molar-refractivity contribution in [1.29, 1.82) is 0 Å². The summed E-state index contributed by atoms with van der Waals surface area (Å²) in [6.07, 6.45) is 2.99. The lowest BCUT2D eigenvalue weighted by molar-refractivity contribution is 0.0697. The standard InChI is InChI=1S/C24H21FN6O3/c1-33-17-5-2-14(3-6-17)20-21-22(31(24(32)28-21)16-8-10-34-11-9-16)29-23(27-20)30-13-26-18-7-4-15(25)12-19(18)30/h2-7,12-13,16H,8-11H2,1H3,(H,28,32). The predicted molar refractivity (Wildman–Crippen MR) is 124 cm³/mol. The van der Waals surface area contributed by atoms with Gasteiger partial charge in [-0.3, -0.25) is 9.13 Å². The summed E-state index contributed by atoms with van der Waals surface area (Å²) in [5.74, 6) is 0.622. The quantitative estimate of drug-likeness (QED) is 0.440. The molecule has 1 saturated heterocycles. The highest BCUT2D eigenvalue weighted by molar-refractivity contribution is 5.88. The lowest BCUT2D eigenvalue weighted by Gasteiger charge is -2.23. The fourth-order valence-corrected chi connectivity index (χ4v) is 4.48. The number of aromatic amines is 1. The van der Waals surface area contributed by atoms with Gasteiger partial charge < -0.3 is 14.5 Å². The van der Waals surface area contributed by atoms with Crippen LogP contribution >= 0.6 is 0 Å². The van der Waals surface area contributed by atoms with E-state index in [-0.39, 0.29) is 17.5 Å². The molecule has 10 heteroatoms. The van der Waals surface area contributed by atoms with E-state index < -0.39 is 0 Å². The van der Waals surface area contributed by atoms with Crippen LogP contribution in [0.25, 0.3) is 39.4 Å². The smallest absolute Gasteiger partial charge is 0.327 e. The van der Waals surface area contributed by atoms with Gasteiger partial charge in [0.2, 0.25) is 5.95 Å². The highest BCUT2D eigenvalue weighted by atomic mass is 19.1. The van der Waals surface area contributed by atoms with Gasteiger partial charge in [0.15, 0.2) is 5.65 Å². The number of methoxy groups -OCH3 is 1. The van der Waals surface area contributed by atoms with Crippen LogP contribution in [0.4, 0.5) is 4.39 Å². The molecule has 5 aromatic rings. The maximum atomic E-state index is 14.0. The van der Waals surface area contributed by atoms with Crippen LogP contribution in [0.1, 0.15) is 18.9 Å². The normalized spacial score (nSPS) is 14.8. The summed E-state index contributed by atoms with van der Waals surface area (Å²) in [5, 5.41) is 0. The number of rotatable bonds is 4. The number of fused-ring (bicyclic) bond motifs is 2. The Bertz CT molecular complexity index is 1560. The molecule has 1 N–H and O–H groups in total. The number of hydrogen-bond acceptors (Lipinski definition) is 6. The zero-order valence-corrected chi connectivity index (χ0v) is 18.4. The van der Waals surface area contributed by atoms with Crippen molar-refractivity contribution in [3.63, 3.8) is 0 Å². The topological polar surface area (TPSA) is 99.9 Å². The molecule has 0 amide bonds. The average molecular weight is 460 g/mol. The first-order valence-electron chi connectivity index (χ1n) is 11.0. The van der Waals surface area contributed by atoms with Crippen molar-refractivity contribution in [2.75, 3.05) is 20.3 Å². The Morgan fingerprint density at radius 1 is 1.12 bits per heavy atom. The molecule has 0 radical (unpaired) electrons. The van der Waals surface area contributed by atoms with E-state index in [2.05, 4.69) is 9.97 Å². The molecule has 9 nitrogen and oxygen atoms in total. The number of nitrogens with zero attached hydrogens (tertiary/aromatic N) is 5. The van der Waals surface area contributed by atoms with Gasteiger partial charge in [-0.25, -0.2) is 19.2 Å². The number of aromatic nitrogens is 6. The van der Waals surface area contributed by atoms with Crippen molar-refractivity contribution in [3.05, 3.63) is 65.1 Å². The van der Waals surface area contributed by atoms with Crippen LogP contribution in [0.5, 0.6) is 5.75 Å². The van der Waals surface area contributed by atoms with Gasteiger partial charge in [-0.2, -0.15) is 4.98 Å². The van der Waals surface area contributed by atoms with Crippen LogP contribution in [0.2, 0.25) is 0 Å². The number of ether oxygens (including phenoxy) is 2. The molecule has 2 aromatic carbocycles. The van der Waals surface area contributed by atoms with Gasteiger partial charge in [0.05, 0.1) is 18.1 Å². The number of imidazole rings is 2. The molecule has 0 unspecified atom stereocenters. The summed E-state index contributed by atoms with van der Waals surface area (Å²) in [5.41, 5.74) is 3.29. The zero-order valence-electron chi connectivity index (χ0n) is 18.4. The third-order valence-corrected chi connectivity index (χ3v) is 6.20. The number of benzene rings is 2.